The number of hydrogen-bond donors (Lipinski definition) is 1. The van der Waals surface area contributed by atoms with Crippen LogP contribution in [0, 0.1) is 0 Å². The van der Waals surface area contributed by atoms with Gasteiger partial charge in [-0.25, -0.2) is 0 Å². The Morgan fingerprint density at radius 2 is 2.16 bits per heavy atom. The second kappa shape index (κ2) is 5.39. The van der Waals surface area contributed by atoms with Crippen molar-refractivity contribution in [3.63, 3.8) is 0 Å². The third kappa shape index (κ3) is 2.85. The molecule has 0 radical (unpaired) electrons. The molecule has 1 heterocycles. The fourth-order valence-electron chi connectivity index (χ4n) is 2.27. The first-order valence-corrected chi connectivity index (χ1v) is 7.35. The zero-order chi connectivity index (χ0) is 13.2. The van der Waals surface area contributed by atoms with Crippen molar-refractivity contribution in [2.45, 2.75) is 32.0 Å². The average Bonchev–Trinajstić information content (AvgIpc) is 3.13. The molecule has 0 atom stereocenters. The summed E-state index contributed by atoms with van der Waals surface area (Å²) in [6, 6.07) is 11.0. The van der Waals surface area contributed by atoms with E-state index in [-0.39, 0.29) is 0 Å². The highest BCUT2D eigenvalue weighted by Gasteiger charge is 2.30. The lowest BCUT2D eigenvalue weighted by atomic mass is 10.2. The van der Waals surface area contributed by atoms with E-state index in [2.05, 4.69) is 39.0 Å². The maximum Gasteiger partial charge on any atom is 0.123 e. The van der Waals surface area contributed by atoms with Gasteiger partial charge in [-0.2, -0.15) is 0 Å². The van der Waals surface area contributed by atoms with Crippen molar-refractivity contribution in [1.82, 2.24) is 0 Å². The highest BCUT2D eigenvalue weighted by atomic mass is 79.9. The lowest BCUT2D eigenvalue weighted by molar-refractivity contribution is 0.501. The smallest absolute Gasteiger partial charge is 0.123 e. The van der Waals surface area contributed by atoms with Crippen molar-refractivity contribution in [3.8, 4) is 0 Å². The van der Waals surface area contributed by atoms with Crippen molar-refractivity contribution in [1.29, 1.82) is 0 Å². The number of furan rings is 1. The molecule has 2 N–H and O–H groups in total. The molecule has 1 aromatic heterocycles. The maximum absolute atomic E-state index is 5.70. The van der Waals surface area contributed by atoms with Gasteiger partial charge in [0.1, 0.15) is 5.76 Å². The van der Waals surface area contributed by atoms with Crippen LogP contribution >= 0.6 is 15.9 Å². The van der Waals surface area contributed by atoms with E-state index in [1.54, 1.807) is 6.26 Å². The second-order valence-electron chi connectivity index (χ2n) is 4.92. The molecule has 0 unspecified atom stereocenters. The largest absolute Gasteiger partial charge is 0.467 e. The van der Waals surface area contributed by atoms with Crippen molar-refractivity contribution < 1.29 is 4.42 Å². The molecule has 19 heavy (non-hydrogen) atoms. The van der Waals surface area contributed by atoms with Crippen LogP contribution in [-0.4, -0.2) is 6.04 Å². The monoisotopic (exact) mass is 320 g/mol. The van der Waals surface area contributed by atoms with Crippen LogP contribution in [-0.2, 0) is 13.1 Å². The van der Waals surface area contributed by atoms with E-state index >= 15 is 0 Å². The van der Waals surface area contributed by atoms with Crippen molar-refractivity contribution in [2.24, 2.45) is 5.73 Å². The first-order valence-electron chi connectivity index (χ1n) is 6.55. The van der Waals surface area contributed by atoms with Gasteiger partial charge in [0.25, 0.3) is 0 Å². The molecule has 3 nitrogen and oxygen atoms in total. The average molecular weight is 321 g/mol. The highest BCUT2D eigenvalue weighted by Crippen LogP contribution is 2.35. The van der Waals surface area contributed by atoms with Gasteiger partial charge in [-0.05, 0) is 42.7 Å². The Labute approximate surface area is 121 Å². The van der Waals surface area contributed by atoms with Gasteiger partial charge in [-0.15, -0.1) is 0 Å². The summed E-state index contributed by atoms with van der Waals surface area (Å²) in [7, 11) is 0. The van der Waals surface area contributed by atoms with E-state index in [0.717, 1.165) is 22.3 Å². The third-order valence-corrected chi connectivity index (χ3v) is 4.22. The molecule has 0 amide bonds. The van der Waals surface area contributed by atoms with Gasteiger partial charge in [-0.1, -0.05) is 22.0 Å². The molecular formula is C15H17BrN2O. The van der Waals surface area contributed by atoms with E-state index in [9.17, 15) is 0 Å². The standard InChI is InChI=1S/C15H17BrN2O/c16-15-8-13(4-3-11(15)9-17)18(12-5-6-12)10-14-2-1-7-19-14/h1-4,7-8,12H,5-6,9-10,17H2. The van der Waals surface area contributed by atoms with Crippen molar-refractivity contribution in [3.05, 3.63) is 52.4 Å². The van der Waals surface area contributed by atoms with Gasteiger partial charge in [0, 0.05) is 22.7 Å². The molecule has 1 aliphatic carbocycles. The molecule has 0 aliphatic heterocycles. The lowest BCUT2D eigenvalue weighted by Gasteiger charge is -2.24. The molecule has 0 bridgehead atoms. The van der Waals surface area contributed by atoms with Crippen LogP contribution in [0.3, 0.4) is 0 Å². The second-order valence-corrected chi connectivity index (χ2v) is 5.77. The Morgan fingerprint density at radius 3 is 2.74 bits per heavy atom. The van der Waals surface area contributed by atoms with E-state index < -0.39 is 0 Å². The van der Waals surface area contributed by atoms with E-state index in [1.807, 2.05) is 12.1 Å². The predicted molar refractivity (Wildman–Crippen MR) is 79.9 cm³/mol. The highest BCUT2D eigenvalue weighted by molar-refractivity contribution is 9.10. The molecule has 0 saturated heterocycles. The third-order valence-electron chi connectivity index (χ3n) is 3.48. The summed E-state index contributed by atoms with van der Waals surface area (Å²) >= 11 is 3.59. The van der Waals surface area contributed by atoms with Crippen LogP contribution in [0.2, 0.25) is 0 Å². The van der Waals surface area contributed by atoms with Gasteiger partial charge in [0.15, 0.2) is 0 Å². The van der Waals surface area contributed by atoms with Crippen molar-refractivity contribution in [2.75, 3.05) is 4.90 Å². The number of hydrogen-bond acceptors (Lipinski definition) is 3. The number of rotatable bonds is 5. The van der Waals surface area contributed by atoms with Gasteiger partial charge in [0.05, 0.1) is 12.8 Å². The van der Waals surface area contributed by atoms with Crippen LogP contribution < -0.4 is 10.6 Å². The normalized spacial score (nSPS) is 14.6. The number of nitrogens with two attached hydrogens (primary N) is 1. The summed E-state index contributed by atoms with van der Waals surface area (Å²) in [6.45, 7) is 1.38. The number of anilines is 1. The van der Waals surface area contributed by atoms with E-state index in [0.29, 0.717) is 12.6 Å². The maximum atomic E-state index is 5.70. The van der Waals surface area contributed by atoms with Crippen LogP contribution in [0.25, 0.3) is 0 Å². The summed E-state index contributed by atoms with van der Waals surface area (Å²) in [5.41, 5.74) is 8.06. The van der Waals surface area contributed by atoms with E-state index in [4.69, 9.17) is 10.2 Å². The molecule has 1 saturated carbocycles. The van der Waals surface area contributed by atoms with Crippen LogP contribution in [0.1, 0.15) is 24.2 Å². The van der Waals surface area contributed by atoms with Crippen LogP contribution in [0.4, 0.5) is 5.69 Å². The minimum Gasteiger partial charge on any atom is -0.467 e. The number of halogens is 1. The molecule has 3 rings (SSSR count). The summed E-state index contributed by atoms with van der Waals surface area (Å²) < 4.78 is 6.55. The zero-order valence-electron chi connectivity index (χ0n) is 10.7. The topological polar surface area (TPSA) is 42.4 Å². The van der Waals surface area contributed by atoms with Gasteiger partial charge < -0.3 is 15.1 Å². The Morgan fingerprint density at radius 1 is 1.32 bits per heavy atom. The summed E-state index contributed by atoms with van der Waals surface area (Å²) in [5, 5.41) is 0. The fourth-order valence-corrected chi connectivity index (χ4v) is 2.80. The number of benzene rings is 1. The molecule has 2 aromatic rings. The fraction of sp³-hybridized carbons (Fsp3) is 0.333. The number of nitrogens with zero attached hydrogens (tertiary/aromatic N) is 1. The molecule has 4 heteroatoms. The quantitative estimate of drug-likeness (QED) is 0.914. The van der Waals surface area contributed by atoms with Crippen LogP contribution in [0.15, 0.2) is 45.5 Å². The van der Waals surface area contributed by atoms with E-state index in [1.165, 1.54) is 18.5 Å². The summed E-state index contributed by atoms with van der Waals surface area (Å²) in [6.07, 6.45) is 4.25. The predicted octanol–water partition coefficient (Wildman–Crippen LogP) is 3.67. The minimum atomic E-state index is 0.558. The van der Waals surface area contributed by atoms with Gasteiger partial charge in [-0.3, -0.25) is 0 Å². The summed E-state index contributed by atoms with van der Waals surface area (Å²) in [5.74, 6) is 1.01. The molecular weight excluding hydrogens is 304 g/mol. The van der Waals surface area contributed by atoms with Crippen LogP contribution in [0.5, 0.6) is 0 Å². The Hall–Kier alpha value is -1.26. The Kier molecular flexibility index (Phi) is 3.62. The first-order chi connectivity index (χ1) is 9.28. The lowest BCUT2D eigenvalue weighted by Crippen LogP contribution is -2.24. The molecule has 100 valence electrons. The minimum absolute atomic E-state index is 0.558. The van der Waals surface area contributed by atoms with Gasteiger partial charge in [0.2, 0.25) is 0 Å². The molecule has 1 fully saturated rings. The Bertz CT molecular complexity index is 549. The zero-order valence-corrected chi connectivity index (χ0v) is 12.3. The van der Waals surface area contributed by atoms with Crippen molar-refractivity contribution >= 4 is 21.6 Å². The first kappa shape index (κ1) is 12.8. The van der Waals surface area contributed by atoms with Gasteiger partial charge >= 0.3 is 0 Å². The molecule has 0 spiro atoms. The summed E-state index contributed by atoms with van der Waals surface area (Å²) in [4.78, 5) is 2.41. The Balaban J connectivity index is 1.85. The molecule has 1 aromatic carbocycles. The molecule has 1 aliphatic rings. The SMILES string of the molecule is NCc1ccc(N(Cc2ccco2)C2CC2)cc1Br.